The van der Waals surface area contributed by atoms with Gasteiger partial charge in [-0.05, 0) is 67.7 Å². The number of piperidine rings is 1. The Bertz CT molecular complexity index is 1140. The first kappa shape index (κ1) is 23.1. The lowest BCUT2D eigenvalue weighted by atomic mass is 10.0. The van der Waals surface area contributed by atoms with Crippen molar-refractivity contribution in [1.29, 1.82) is 0 Å². The maximum Gasteiger partial charge on any atom is 0.322 e. The summed E-state index contributed by atoms with van der Waals surface area (Å²) >= 11 is 0. The number of carbonyl (C=O) groups is 2. The molecule has 1 N–H and O–H groups in total. The molecule has 4 aliphatic rings. The summed E-state index contributed by atoms with van der Waals surface area (Å²) in [6.45, 7) is 3.98. The number of likely N-dealkylation sites (tertiary alicyclic amines) is 1. The van der Waals surface area contributed by atoms with Gasteiger partial charge in [-0.1, -0.05) is 6.42 Å². The first-order valence-corrected chi connectivity index (χ1v) is 13.2. The van der Waals surface area contributed by atoms with Crippen molar-refractivity contribution in [3.05, 3.63) is 41.9 Å². The Labute approximate surface area is 211 Å². The van der Waals surface area contributed by atoms with Crippen LogP contribution in [0.4, 0.5) is 16.3 Å². The summed E-state index contributed by atoms with van der Waals surface area (Å²) in [5, 5.41) is 3.08. The van der Waals surface area contributed by atoms with Gasteiger partial charge in [0.05, 0.1) is 7.11 Å². The molecule has 3 amide bonds. The maximum atomic E-state index is 13.1. The minimum Gasteiger partial charge on any atom is -0.497 e. The van der Waals surface area contributed by atoms with Crippen LogP contribution in [0, 0.1) is 11.8 Å². The van der Waals surface area contributed by atoms with E-state index in [-0.39, 0.29) is 18.0 Å². The van der Waals surface area contributed by atoms with Crippen LogP contribution in [0.5, 0.6) is 5.75 Å². The number of ether oxygens (including phenoxy) is 1. The molecule has 1 aromatic heterocycles. The second kappa shape index (κ2) is 9.59. The number of hydrogen-bond acceptors (Lipinski definition) is 6. The molecule has 9 heteroatoms. The van der Waals surface area contributed by atoms with Crippen LogP contribution in [0.15, 0.2) is 30.6 Å². The number of hydrogen-bond donors (Lipinski definition) is 1. The van der Waals surface area contributed by atoms with E-state index in [0.29, 0.717) is 24.1 Å². The number of amides is 3. The topological polar surface area (TPSA) is 90.9 Å². The van der Waals surface area contributed by atoms with Gasteiger partial charge in [-0.2, -0.15) is 0 Å². The molecule has 0 radical (unpaired) electrons. The van der Waals surface area contributed by atoms with Gasteiger partial charge in [0.1, 0.15) is 23.6 Å². The van der Waals surface area contributed by atoms with Crippen molar-refractivity contribution >= 4 is 23.4 Å². The summed E-state index contributed by atoms with van der Waals surface area (Å²) < 4.78 is 5.35. The number of urea groups is 1. The Hall–Kier alpha value is -3.36. The Morgan fingerprint density at radius 2 is 1.81 bits per heavy atom. The van der Waals surface area contributed by atoms with Gasteiger partial charge in [-0.15, -0.1) is 0 Å². The number of benzene rings is 1. The molecule has 2 aromatic rings. The van der Waals surface area contributed by atoms with Gasteiger partial charge in [-0.3, -0.25) is 4.79 Å². The lowest BCUT2D eigenvalue weighted by molar-refractivity contribution is 0.0774. The predicted molar refractivity (Wildman–Crippen MR) is 136 cm³/mol. The highest BCUT2D eigenvalue weighted by atomic mass is 16.5. The highest BCUT2D eigenvalue weighted by Crippen LogP contribution is 2.38. The van der Waals surface area contributed by atoms with Gasteiger partial charge in [0.15, 0.2) is 0 Å². The van der Waals surface area contributed by atoms with Gasteiger partial charge in [0.2, 0.25) is 0 Å². The van der Waals surface area contributed by atoms with E-state index >= 15 is 0 Å². The van der Waals surface area contributed by atoms with Gasteiger partial charge < -0.3 is 24.8 Å². The number of rotatable bonds is 4. The van der Waals surface area contributed by atoms with E-state index in [1.165, 1.54) is 25.6 Å². The SMILES string of the molecule is COc1ccc2c(c1)CCN(C1CCN(c3cc(C(=O)N4CC5CCCC5C4)ncn3)CC1)C(=O)N2. The Morgan fingerprint density at radius 1 is 1.03 bits per heavy atom. The third-order valence-corrected chi connectivity index (χ3v) is 8.55. The molecule has 2 saturated heterocycles. The number of nitrogens with one attached hydrogen (secondary N) is 1. The molecule has 0 spiro atoms. The maximum absolute atomic E-state index is 13.1. The van der Waals surface area contributed by atoms with Crippen molar-refractivity contribution in [2.45, 2.75) is 44.6 Å². The van der Waals surface area contributed by atoms with Crippen molar-refractivity contribution < 1.29 is 14.3 Å². The van der Waals surface area contributed by atoms with E-state index in [9.17, 15) is 9.59 Å². The summed E-state index contributed by atoms with van der Waals surface area (Å²) in [7, 11) is 1.66. The fourth-order valence-electron chi connectivity index (χ4n) is 6.51. The quantitative estimate of drug-likeness (QED) is 0.706. The first-order chi connectivity index (χ1) is 17.6. The van der Waals surface area contributed by atoms with Crippen LogP contribution in [0.3, 0.4) is 0 Å². The molecule has 0 bridgehead atoms. The van der Waals surface area contributed by atoms with Crippen molar-refractivity contribution in [3.63, 3.8) is 0 Å². The van der Waals surface area contributed by atoms with E-state index in [0.717, 1.165) is 68.3 Å². The summed E-state index contributed by atoms with van der Waals surface area (Å²) in [6, 6.07) is 7.78. The zero-order valence-electron chi connectivity index (χ0n) is 20.9. The van der Waals surface area contributed by atoms with Crippen molar-refractivity contribution in [1.82, 2.24) is 19.8 Å². The summed E-state index contributed by atoms with van der Waals surface area (Å²) in [5.74, 6) is 2.96. The van der Waals surface area contributed by atoms with Crippen molar-refractivity contribution in [3.8, 4) is 5.75 Å². The first-order valence-electron chi connectivity index (χ1n) is 13.2. The van der Waals surface area contributed by atoms with Crippen molar-refractivity contribution in [2.24, 2.45) is 11.8 Å². The number of fused-ring (bicyclic) bond motifs is 2. The van der Waals surface area contributed by atoms with Crippen LogP contribution < -0.4 is 15.0 Å². The molecule has 1 saturated carbocycles. The van der Waals surface area contributed by atoms with E-state index in [1.807, 2.05) is 34.1 Å². The van der Waals surface area contributed by atoms with E-state index < -0.39 is 0 Å². The van der Waals surface area contributed by atoms with Gasteiger partial charge in [-0.25, -0.2) is 14.8 Å². The summed E-state index contributed by atoms with van der Waals surface area (Å²) in [5.41, 5.74) is 2.45. The van der Waals surface area contributed by atoms with Crippen LogP contribution in [0.2, 0.25) is 0 Å². The van der Waals surface area contributed by atoms with Crippen LogP contribution in [-0.4, -0.2) is 77.6 Å². The Kier molecular flexibility index (Phi) is 6.15. The lowest BCUT2D eigenvalue weighted by Crippen LogP contribution is -2.49. The second-order valence-electron chi connectivity index (χ2n) is 10.5. The molecule has 1 aliphatic carbocycles. The number of methoxy groups -OCH3 is 1. The molecule has 190 valence electrons. The van der Waals surface area contributed by atoms with Gasteiger partial charge in [0.25, 0.3) is 5.91 Å². The third kappa shape index (κ3) is 4.35. The molecular weight excluding hydrogens is 456 g/mol. The minimum atomic E-state index is -0.0392. The summed E-state index contributed by atoms with van der Waals surface area (Å²) in [6.07, 6.45) is 7.80. The molecular formula is C27H34N6O3. The van der Waals surface area contributed by atoms with E-state index in [4.69, 9.17) is 4.74 Å². The molecule has 3 aliphatic heterocycles. The number of nitrogens with zero attached hydrogens (tertiary/aromatic N) is 5. The zero-order chi connectivity index (χ0) is 24.6. The molecule has 1 aromatic carbocycles. The highest BCUT2D eigenvalue weighted by Gasteiger charge is 2.38. The average molecular weight is 491 g/mol. The smallest absolute Gasteiger partial charge is 0.322 e. The number of anilines is 2. The highest BCUT2D eigenvalue weighted by molar-refractivity contribution is 5.93. The summed E-state index contributed by atoms with van der Waals surface area (Å²) in [4.78, 5) is 41.1. The van der Waals surface area contributed by atoms with Crippen LogP contribution in [0.25, 0.3) is 0 Å². The fourth-order valence-corrected chi connectivity index (χ4v) is 6.51. The van der Waals surface area contributed by atoms with Crippen LogP contribution >= 0.6 is 0 Å². The van der Waals surface area contributed by atoms with Crippen molar-refractivity contribution in [2.75, 3.05) is 50.1 Å². The van der Waals surface area contributed by atoms with Crippen LogP contribution in [-0.2, 0) is 6.42 Å². The normalized spacial score (nSPS) is 24.2. The molecule has 36 heavy (non-hydrogen) atoms. The predicted octanol–water partition coefficient (Wildman–Crippen LogP) is 3.42. The van der Waals surface area contributed by atoms with Gasteiger partial charge >= 0.3 is 6.03 Å². The molecule has 6 rings (SSSR count). The van der Waals surface area contributed by atoms with E-state index in [1.54, 1.807) is 7.11 Å². The number of carbonyl (C=O) groups excluding carboxylic acids is 2. The minimum absolute atomic E-state index is 0.0281. The van der Waals surface area contributed by atoms with Gasteiger partial charge in [0, 0.05) is 50.5 Å². The second-order valence-corrected chi connectivity index (χ2v) is 10.5. The molecule has 9 nitrogen and oxygen atoms in total. The largest absolute Gasteiger partial charge is 0.497 e. The standard InChI is InChI=1S/C27H34N6O3/c1-36-22-5-6-23-18(13-22)7-12-33(27(35)30-23)21-8-10-31(11-9-21)25-14-24(28-17-29-25)26(34)32-15-19-3-2-4-20(19)16-32/h5-6,13-14,17,19-21H,2-4,7-12,15-16H2,1H3,(H,30,35). The molecule has 3 fully saturated rings. The zero-order valence-corrected chi connectivity index (χ0v) is 20.9. The Balaban J connectivity index is 1.08. The Morgan fingerprint density at radius 3 is 2.56 bits per heavy atom. The van der Waals surface area contributed by atoms with Crippen LogP contribution in [0.1, 0.15) is 48.2 Å². The third-order valence-electron chi connectivity index (χ3n) is 8.55. The van der Waals surface area contributed by atoms with E-state index in [2.05, 4.69) is 20.2 Å². The lowest BCUT2D eigenvalue weighted by Gasteiger charge is -2.38. The molecule has 2 atom stereocenters. The monoisotopic (exact) mass is 490 g/mol. The average Bonchev–Trinajstić information content (AvgIpc) is 3.48. The molecule has 4 heterocycles. The fraction of sp³-hybridized carbons (Fsp3) is 0.556. The molecule has 2 unspecified atom stereocenters. The number of aromatic nitrogens is 2.